The maximum Gasteiger partial charge on any atom is 0.194 e. The number of hydrogen-bond acceptors (Lipinski definition) is 6. The molecule has 0 N–H and O–H groups in total. The molecule has 132 valence electrons. The molecule has 3 heterocycles. The second-order valence-corrected chi connectivity index (χ2v) is 6.27. The van der Waals surface area contributed by atoms with Gasteiger partial charge in [-0.25, -0.2) is 4.68 Å². The maximum atomic E-state index is 12.8. The van der Waals surface area contributed by atoms with Gasteiger partial charge in [0.1, 0.15) is 23.6 Å². The minimum atomic E-state index is -0.577. The number of benzene rings is 2. The van der Waals surface area contributed by atoms with Gasteiger partial charge in [-0.3, -0.25) is 9.59 Å². The molecule has 5 rings (SSSR count). The van der Waals surface area contributed by atoms with Crippen LogP contribution in [0.15, 0.2) is 70.2 Å². The van der Waals surface area contributed by atoms with Crippen LogP contribution in [0.1, 0.15) is 16.4 Å². The van der Waals surface area contributed by atoms with Crippen LogP contribution in [0.25, 0.3) is 22.2 Å². The van der Waals surface area contributed by atoms with Gasteiger partial charge in [-0.15, -0.1) is 5.10 Å². The molecule has 2 aromatic heterocycles. The Hall–Kier alpha value is -3.74. The van der Waals surface area contributed by atoms with Crippen molar-refractivity contribution in [1.82, 2.24) is 15.0 Å². The van der Waals surface area contributed by atoms with Gasteiger partial charge in [-0.05, 0) is 30.3 Å². The third kappa shape index (κ3) is 2.52. The number of carbonyl (C=O) groups is 1. The highest BCUT2D eigenvalue weighted by molar-refractivity contribution is 6.02. The van der Waals surface area contributed by atoms with Crippen LogP contribution in [-0.2, 0) is 0 Å². The molecule has 0 bridgehead atoms. The molecule has 0 fully saturated rings. The number of ketones is 1. The Morgan fingerprint density at radius 2 is 1.96 bits per heavy atom. The summed E-state index contributed by atoms with van der Waals surface area (Å²) in [5, 5.41) is 8.74. The first kappa shape index (κ1) is 15.5. The topological polar surface area (TPSA) is 87.2 Å². The number of carbonyl (C=O) groups excluding carboxylic acids is 1. The number of ether oxygens (including phenoxy) is 1. The highest BCUT2D eigenvalue weighted by Gasteiger charge is 2.31. The maximum absolute atomic E-state index is 12.8. The molecule has 7 heteroatoms. The summed E-state index contributed by atoms with van der Waals surface area (Å²) < 4.78 is 12.5. The van der Waals surface area contributed by atoms with E-state index < -0.39 is 6.04 Å². The van der Waals surface area contributed by atoms with E-state index in [1.165, 1.54) is 17.0 Å². The second-order valence-electron chi connectivity index (χ2n) is 6.27. The van der Waals surface area contributed by atoms with Gasteiger partial charge in [0.15, 0.2) is 17.3 Å². The van der Waals surface area contributed by atoms with Crippen LogP contribution in [0.4, 0.5) is 0 Å². The van der Waals surface area contributed by atoms with Crippen LogP contribution >= 0.6 is 0 Å². The molecule has 0 saturated heterocycles. The third-order valence-electron chi connectivity index (χ3n) is 4.64. The van der Waals surface area contributed by atoms with Gasteiger partial charge < -0.3 is 9.15 Å². The monoisotopic (exact) mass is 359 g/mol. The summed E-state index contributed by atoms with van der Waals surface area (Å²) in [5.41, 5.74) is 2.20. The van der Waals surface area contributed by atoms with Crippen molar-refractivity contribution in [3.05, 3.63) is 76.8 Å². The average Bonchev–Trinajstić information content (AvgIpc) is 3.18. The molecule has 0 saturated carbocycles. The molecule has 0 aliphatic carbocycles. The molecule has 1 aliphatic heterocycles. The van der Waals surface area contributed by atoms with Crippen molar-refractivity contribution in [2.45, 2.75) is 6.04 Å². The zero-order valence-electron chi connectivity index (χ0n) is 14.0. The number of fused-ring (bicyclic) bond motifs is 2. The summed E-state index contributed by atoms with van der Waals surface area (Å²) >= 11 is 0. The SMILES string of the molecule is O=C1c2ccccc2OCC1n1cc(-c2ccc3occc(=O)c3c2)nn1. The Labute approximate surface area is 152 Å². The van der Waals surface area contributed by atoms with Crippen molar-refractivity contribution >= 4 is 16.8 Å². The van der Waals surface area contributed by atoms with Crippen molar-refractivity contribution in [3.63, 3.8) is 0 Å². The minimum Gasteiger partial charge on any atom is -0.490 e. The van der Waals surface area contributed by atoms with Crippen LogP contribution in [0.5, 0.6) is 5.75 Å². The van der Waals surface area contributed by atoms with Gasteiger partial charge in [0, 0.05) is 11.6 Å². The van der Waals surface area contributed by atoms with Crippen LogP contribution in [-0.4, -0.2) is 27.4 Å². The summed E-state index contributed by atoms with van der Waals surface area (Å²) in [6.07, 6.45) is 3.05. The predicted molar refractivity (Wildman–Crippen MR) is 96.8 cm³/mol. The predicted octanol–water partition coefficient (Wildman–Crippen LogP) is 2.87. The van der Waals surface area contributed by atoms with Gasteiger partial charge in [0.2, 0.25) is 0 Å². The third-order valence-corrected chi connectivity index (χ3v) is 4.64. The van der Waals surface area contributed by atoms with E-state index >= 15 is 0 Å². The molecule has 1 aliphatic rings. The standard InChI is InChI=1S/C20H13N3O4/c24-17-7-8-26-19-6-5-12(9-14(17)19)15-10-23(22-21-15)16-11-27-18-4-2-1-3-13(18)20(16)25/h1-10,16H,11H2. The minimum absolute atomic E-state index is 0.0625. The lowest BCUT2D eigenvalue weighted by molar-refractivity contribution is 0.0826. The van der Waals surface area contributed by atoms with Crippen LogP contribution in [0.2, 0.25) is 0 Å². The Bertz CT molecular complexity index is 1240. The summed E-state index contributed by atoms with van der Waals surface area (Å²) in [4.78, 5) is 24.8. The van der Waals surface area contributed by atoms with Crippen LogP contribution < -0.4 is 10.2 Å². The smallest absolute Gasteiger partial charge is 0.194 e. The first-order valence-corrected chi connectivity index (χ1v) is 8.40. The van der Waals surface area contributed by atoms with Gasteiger partial charge in [-0.1, -0.05) is 17.3 Å². The first-order chi connectivity index (χ1) is 13.2. The number of nitrogens with zero attached hydrogens (tertiary/aromatic N) is 3. The molecule has 0 spiro atoms. The van der Waals surface area contributed by atoms with E-state index in [0.717, 1.165) is 5.56 Å². The van der Waals surface area contributed by atoms with Crippen molar-refractivity contribution < 1.29 is 13.9 Å². The Balaban J connectivity index is 1.51. The summed E-state index contributed by atoms with van der Waals surface area (Å²) in [7, 11) is 0. The molecule has 1 unspecified atom stereocenters. The molecule has 0 radical (unpaired) electrons. The van der Waals surface area contributed by atoms with Gasteiger partial charge in [-0.2, -0.15) is 0 Å². The normalized spacial score (nSPS) is 16.1. The molecule has 0 amide bonds. The summed E-state index contributed by atoms with van der Waals surface area (Å²) in [6.45, 7) is 0.194. The van der Waals surface area contributed by atoms with E-state index in [9.17, 15) is 9.59 Å². The zero-order chi connectivity index (χ0) is 18.4. The number of para-hydroxylation sites is 1. The fourth-order valence-corrected chi connectivity index (χ4v) is 3.22. The van der Waals surface area contributed by atoms with Crippen molar-refractivity contribution in [1.29, 1.82) is 0 Å². The highest BCUT2D eigenvalue weighted by atomic mass is 16.5. The van der Waals surface area contributed by atoms with E-state index in [1.54, 1.807) is 42.6 Å². The largest absolute Gasteiger partial charge is 0.490 e. The highest BCUT2D eigenvalue weighted by Crippen LogP contribution is 2.30. The number of aromatic nitrogens is 3. The number of rotatable bonds is 2. The van der Waals surface area contributed by atoms with Gasteiger partial charge in [0.05, 0.1) is 23.4 Å². The Morgan fingerprint density at radius 1 is 1.07 bits per heavy atom. The van der Waals surface area contributed by atoms with E-state index in [1.807, 2.05) is 6.07 Å². The molecule has 7 nitrogen and oxygen atoms in total. The summed E-state index contributed by atoms with van der Waals surface area (Å²) in [5.74, 6) is 0.521. The summed E-state index contributed by atoms with van der Waals surface area (Å²) in [6, 6.07) is 13.2. The van der Waals surface area contributed by atoms with E-state index in [2.05, 4.69) is 10.3 Å². The number of Topliss-reactive ketones (excluding diaryl/α,β-unsaturated/α-hetero) is 1. The van der Waals surface area contributed by atoms with E-state index in [4.69, 9.17) is 9.15 Å². The lowest BCUT2D eigenvalue weighted by Gasteiger charge is -2.23. The van der Waals surface area contributed by atoms with Gasteiger partial charge >= 0.3 is 0 Å². The lowest BCUT2D eigenvalue weighted by atomic mass is 10.0. The van der Waals surface area contributed by atoms with Crippen molar-refractivity contribution in [2.75, 3.05) is 6.61 Å². The Kier molecular flexibility index (Phi) is 3.39. The second kappa shape index (κ2) is 5.91. The van der Waals surface area contributed by atoms with E-state index in [0.29, 0.717) is 28.0 Å². The molecule has 27 heavy (non-hydrogen) atoms. The molecule has 1 atom stereocenters. The van der Waals surface area contributed by atoms with Crippen molar-refractivity contribution in [3.8, 4) is 17.0 Å². The molecular weight excluding hydrogens is 346 g/mol. The lowest BCUT2D eigenvalue weighted by Crippen LogP contribution is -2.30. The van der Waals surface area contributed by atoms with Crippen LogP contribution in [0, 0.1) is 0 Å². The number of hydrogen-bond donors (Lipinski definition) is 0. The molecule has 2 aromatic carbocycles. The molecule has 4 aromatic rings. The molecular formula is C20H13N3O4. The van der Waals surface area contributed by atoms with Crippen molar-refractivity contribution in [2.24, 2.45) is 0 Å². The fraction of sp³-hybridized carbons (Fsp3) is 0.100. The van der Waals surface area contributed by atoms with Gasteiger partial charge in [0.25, 0.3) is 0 Å². The zero-order valence-corrected chi connectivity index (χ0v) is 14.0. The van der Waals surface area contributed by atoms with Crippen LogP contribution in [0.3, 0.4) is 0 Å². The fourth-order valence-electron chi connectivity index (χ4n) is 3.22. The Morgan fingerprint density at radius 3 is 2.89 bits per heavy atom. The first-order valence-electron chi connectivity index (χ1n) is 8.40. The van der Waals surface area contributed by atoms with E-state index in [-0.39, 0.29) is 17.8 Å². The quantitative estimate of drug-likeness (QED) is 0.547. The average molecular weight is 359 g/mol.